The Labute approximate surface area is 124 Å². The van der Waals surface area contributed by atoms with Crippen molar-refractivity contribution in [2.24, 2.45) is 0 Å². The van der Waals surface area contributed by atoms with Gasteiger partial charge in [-0.25, -0.2) is 0 Å². The lowest BCUT2D eigenvalue weighted by atomic mass is 9.87. The summed E-state index contributed by atoms with van der Waals surface area (Å²) in [7, 11) is 0. The van der Waals surface area contributed by atoms with Crippen LogP contribution in [-0.4, -0.2) is 5.11 Å². The van der Waals surface area contributed by atoms with Crippen LogP contribution in [0.2, 0.25) is 0 Å². The molecule has 0 aliphatic heterocycles. The fraction of sp³-hybridized carbons (Fsp3) is 0.278. The van der Waals surface area contributed by atoms with Crippen molar-refractivity contribution in [2.45, 2.75) is 32.2 Å². The molecule has 3 heteroatoms. The first-order valence-electron chi connectivity index (χ1n) is 7.26. The van der Waals surface area contributed by atoms with Crippen molar-refractivity contribution in [2.75, 3.05) is 5.32 Å². The second-order valence-electron chi connectivity index (χ2n) is 5.61. The molecule has 0 amide bonds. The van der Waals surface area contributed by atoms with Crippen LogP contribution in [0.15, 0.2) is 36.4 Å². The van der Waals surface area contributed by atoms with Gasteiger partial charge in [0.25, 0.3) is 0 Å². The summed E-state index contributed by atoms with van der Waals surface area (Å²) in [6.07, 6.45) is 3.23. The lowest BCUT2D eigenvalue weighted by Crippen LogP contribution is -2.17. The first-order valence-corrected chi connectivity index (χ1v) is 7.26. The molecule has 2 aromatic rings. The van der Waals surface area contributed by atoms with Crippen molar-refractivity contribution in [3.05, 3.63) is 58.7 Å². The molecular formula is C18H18N2O. The van der Waals surface area contributed by atoms with Crippen LogP contribution in [0.5, 0.6) is 5.75 Å². The fourth-order valence-electron chi connectivity index (χ4n) is 2.97. The number of fused-ring (bicyclic) bond motifs is 1. The molecule has 0 bridgehead atoms. The Hall–Kier alpha value is -2.47. The Kier molecular flexibility index (Phi) is 3.53. The maximum atomic E-state index is 9.74. The fourth-order valence-corrected chi connectivity index (χ4v) is 2.97. The normalized spacial score (nSPS) is 16.9. The average molecular weight is 278 g/mol. The maximum Gasteiger partial charge on any atom is 0.115 e. The van der Waals surface area contributed by atoms with Gasteiger partial charge in [-0.1, -0.05) is 12.1 Å². The number of nitrogens with one attached hydrogen (secondary N) is 1. The number of aromatic hydroxyl groups is 1. The molecule has 3 nitrogen and oxygen atoms in total. The zero-order valence-electron chi connectivity index (χ0n) is 12.1. The van der Waals surface area contributed by atoms with Crippen LogP contribution in [0.25, 0.3) is 0 Å². The van der Waals surface area contributed by atoms with Crippen molar-refractivity contribution in [3.63, 3.8) is 0 Å². The Morgan fingerprint density at radius 1 is 1.24 bits per heavy atom. The van der Waals surface area contributed by atoms with E-state index >= 15 is 0 Å². The van der Waals surface area contributed by atoms with Crippen LogP contribution in [0.1, 0.15) is 41.1 Å². The number of aryl methyl sites for hydroxylation is 2. The molecule has 0 radical (unpaired) electrons. The number of hydrogen-bond acceptors (Lipinski definition) is 3. The minimum atomic E-state index is 0.188. The molecular weight excluding hydrogens is 260 g/mol. The standard InChI is InChI=1S/C18H18N2O/c1-12-5-6-13(11-19)9-18(12)20-17-4-2-3-14-7-8-15(21)10-16(14)17/h5-10,17,20-21H,2-4H2,1H3. The summed E-state index contributed by atoms with van der Waals surface area (Å²) in [6, 6.07) is 13.7. The van der Waals surface area contributed by atoms with Gasteiger partial charge in [0.15, 0.2) is 0 Å². The summed E-state index contributed by atoms with van der Waals surface area (Å²) in [5.41, 5.74) is 5.25. The van der Waals surface area contributed by atoms with Crippen molar-refractivity contribution >= 4 is 5.69 Å². The largest absolute Gasteiger partial charge is 0.508 e. The smallest absolute Gasteiger partial charge is 0.115 e. The number of rotatable bonds is 2. The highest BCUT2D eigenvalue weighted by molar-refractivity contribution is 5.57. The quantitative estimate of drug-likeness (QED) is 0.871. The molecule has 1 aliphatic carbocycles. The predicted octanol–water partition coefficient (Wildman–Crippen LogP) is 4.06. The summed E-state index contributed by atoms with van der Waals surface area (Å²) in [5.74, 6) is 0.310. The van der Waals surface area contributed by atoms with E-state index in [0.29, 0.717) is 11.3 Å². The van der Waals surface area contributed by atoms with Gasteiger partial charge in [-0.05, 0) is 67.1 Å². The van der Waals surface area contributed by atoms with E-state index in [4.69, 9.17) is 5.26 Å². The molecule has 0 saturated carbocycles. The van der Waals surface area contributed by atoms with E-state index in [9.17, 15) is 5.11 Å². The monoisotopic (exact) mass is 278 g/mol. The summed E-state index contributed by atoms with van der Waals surface area (Å²) in [5, 5.41) is 22.3. The minimum Gasteiger partial charge on any atom is -0.508 e. The van der Waals surface area contributed by atoms with E-state index in [0.717, 1.165) is 30.5 Å². The highest BCUT2D eigenvalue weighted by Crippen LogP contribution is 2.35. The molecule has 0 spiro atoms. The van der Waals surface area contributed by atoms with Crippen LogP contribution in [0.4, 0.5) is 5.69 Å². The molecule has 0 aromatic heterocycles. The Morgan fingerprint density at radius 3 is 2.90 bits per heavy atom. The zero-order valence-corrected chi connectivity index (χ0v) is 12.1. The van der Waals surface area contributed by atoms with Gasteiger partial charge < -0.3 is 10.4 Å². The average Bonchev–Trinajstić information content (AvgIpc) is 2.50. The third-order valence-electron chi connectivity index (χ3n) is 4.14. The van der Waals surface area contributed by atoms with Gasteiger partial charge in [0.05, 0.1) is 17.7 Å². The molecule has 1 unspecified atom stereocenters. The number of nitriles is 1. The Bertz CT molecular complexity index is 716. The van der Waals surface area contributed by atoms with Crippen LogP contribution in [0, 0.1) is 18.3 Å². The van der Waals surface area contributed by atoms with Crippen LogP contribution in [-0.2, 0) is 6.42 Å². The highest BCUT2D eigenvalue weighted by atomic mass is 16.3. The molecule has 2 N–H and O–H groups in total. The van der Waals surface area contributed by atoms with Crippen LogP contribution in [0.3, 0.4) is 0 Å². The highest BCUT2D eigenvalue weighted by Gasteiger charge is 2.21. The number of benzene rings is 2. The van der Waals surface area contributed by atoms with Gasteiger partial charge >= 0.3 is 0 Å². The lowest BCUT2D eigenvalue weighted by molar-refractivity contribution is 0.471. The Morgan fingerprint density at radius 2 is 2.10 bits per heavy atom. The van der Waals surface area contributed by atoms with Crippen LogP contribution >= 0.6 is 0 Å². The van der Waals surface area contributed by atoms with E-state index in [1.807, 2.05) is 37.3 Å². The van der Waals surface area contributed by atoms with E-state index in [1.165, 1.54) is 11.1 Å². The first kappa shape index (κ1) is 13.5. The maximum absolute atomic E-state index is 9.74. The summed E-state index contributed by atoms with van der Waals surface area (Å²) in [4.78, 5) is 0. The number of phenolic OH excluding ortho intramolecular Hbond substituents is 1. The van der Waals surface area contributed by atoms with E-state index in [-0.39, 0.29) is 6.04 Å². The number of phenols is 1. The molecule has 21 heavy (non-hydrogen) atoms. The van der Waals surface area contributed by atoms with Crippen LogP contribution < -0.4 is 5.32 Å². The molecule has 1 aliphatic rings. The predicted molar refractivity (Wildman–Crippen MR) is 83.3 cm³/mol. The van der Waals surface area contributed by atoms with E-state index in [2.05, 4.69) is 11.4 Å². The summed E-state index contributed by atoms with van der Waals surface area (Å²) >= 11 is 0. The topological polar surface area (TPSA) is 56.0 Å². The zero-order chi connectivity index (χ0) is 14.8. The first-order chi connectivity index (χ1) is 10.2. The SMILES string of the molecule is Cc1ccc(C#N)cc1NC1CCCc2ccc(O)cc21. The van der Waals surface area contributed by atoms with Gasteiger partial charge in [0.2, 0.25) is 0 Å². The molecule has 0 fully saturated rings. The summed E-state index contributed by atoms with van der Waals surface area (Å²) < 4.78 is 0. The number of nitrogens with zero attached hydrogens (tertiary/aromatic N) is 1. The van der Waals surface area contributed by atoms with E-state index in [1.54, 1.807) is 6.07 Å². The molecule has 0 heterocycles. The van der Waals surface area contributed by atoms with Crippen molar-refractivity contribution in [1.82, 2.24) is 0 Å². The van der Waals surface area contributed by atoms with Crippen molar-refractivity contribution in [3.8, 4) is 11.8 Å². The van der Waals surface area contributed by atoms with Crippen molar-refractivity contribution in [1.29, 1.82) is 5.26 Å². The number of hydrogen-bond donors (Lipinski definition) is 2. The summed E-state index contributed by atoms with van der Waals surface area (Å²) in [6.45, 7) is 2.04. The molecule has 2 aromatic carbocycles. The third-order valence-corrected chi connectivity index (χ3v) is 4.14. The van der Waals surface area contributed by atoms with E-state index < -0.39 is 0 Å². The lowest BCUT2D eigenvalue weighted by Gasteiger charge is -2.28. The second kappa shape index (κ2) is 5.49. The molecule has 0 saturated heterocycles. The van der Waals surface area contributed by atoms with Gasteiger partial charge in [0, 0.05) is 5.69 Å². The van der Waals surface area contributed by atoms with Gasteiger partial charge in [0.1, 0.15) is 5.75 Å². The molecule has 106 valence electrons. The Balaban J connectivity index is 1.94. The minimum absolute atomic E-state index is 0.188. The molecule has 3 rings (SSSR count). The van der Waals surface area contributed by atoms with Gasteiger partial charge in [-0.15, -0.1) is 0 Å². The molecule has 1 atom stereocenters. The van der Waals surface area contributed by atoms with Crippen molar-refractivity contribution < 1.29 is 5.11 Å². The van der Waals surface area contributed by atoms with Gasteiger partial charge in [-0.3, -0.25) is 0 Å². The third kappa shape index (κ3) is 2.71. The van der Waals surface area contributed by atoms with Gasteiger partial charge in [-0.2, -0.15) is 5.26 Å². The second-order valence-corrected chi connectivity index (χ2v) is 5.61. The number of anilines is 1.